The number of hydrogen-bond acceptors (Lipinski definition) is 2. The number of carbonyl (C=O) groups excluding carboxylic acids is 1. The third kappa shape index (κ3) is 3.25. The van der Waals surface area contributed by atoms with Gasteiger partial charge in [0, 0.05) is 17.5 Å². The molecule has 0 saturated carbocycles. The molecule has 0 unspecified atom stereocenters. The number of nitrogens with zero attached hydrogens (tertiary/aromatic N) is 1. The van der Waals surface area contributed by atoms with Gasteiger partial charge in [-0.15, -0.1) is 0 Å². The van der Waals surface area contributed by atoms with Crippen molar-refractivity contribution in [3.63, 3.8) is 0 Å². The van der Waals surface area contributed by atoms with Gasteiger partial charge in [-0.1, -0.05) is 29.8 Å². The second kappa shape index (κ2) is 4.62. The van der Waals surface area contributed by atoms with Crippen LogP contribution in [0.3, 0.4) is 0 Å². The molecule has 0 aliphatic heterocycles. The lowest BCUT2D eigenvalue weighted by Gasteiger charge is -1.95. The molecule has 0 atom stereocenters. The maximum absolute atomic E-state index is 10.5. The van der Waals surface area contributed by atoms with Crippen molar-refractivity contribution >= 4 is 23.7 Å². The average molecular weight is 197 g/mol. The van der Waals surface area contributed by atoms with Crippen molar-refractivity contribution in [2.75, 3.05) is 0 Å². The minimum Gasteiger partial charge on any atom is -0.274 e. The Labute approximate surface area is 81.4 Å². The Morgan fingerprint density at radius 3 is 2.85 bits per heavy atom. The number of hydrazone groups is 1. The first kappa shape index (κ1) is 9.74. The van der Waals surface area contributed by atoms with Gasteiger partial charge in [-0.05, 0) is 6.07 Å². The number of carbonyl (C=O) groups is 1. The normalized spacial score (nSPS) is 10.3. The molecule has 0 bridgehead atoms. The zero-order valence-corrected chi connectivity index (χ0v) is 7.88. The standard InChI is InChI=1S/C9H9ClN2O/c1-7(13)12-11-6-8-4-2-3-5-9(8)10/h2-6H,1H3,(H,12,13)/b11-6-. The van der Waals surface area contributed by atoms with Crippen molar-refractivity contribution in [3.05, 3.63) is 34.9 Å². The molecule has 3 nitrogen and oxygen atoms in total. The fraction of sp³-hybridized carbons (Fsp3) is 0.111. The lowest BCUT2D eigenvalue weighted by molar-refractivity contribution is -0.118. The van der Waals surface area contributed by atoms with E-state index >= 15 is 0 Å². The van der Waals surface area contributed by atoms with Gasteiger partial charge in [0.15, 0.2) is 0 Å². The minimum atomic E-state index is -0.205. The first-order valence-corrected chi connectivity index (χ1v) is 4.12. The van der Waals surface area contributed by atoms with Crippen molar-refractivity contribution in [1.29, 1.82) is 0 Å². The first-order valence-electron chi connectivity index (χ1n) is 3.74. The monoisotopic (exact) mass is 196 g/mol. The summed E-state index contributed by atoms with van der Waals surface area (Å²) < 4.78 is 0. The molecule has 0 fully saturated rings. The van der Waals surface area contributed by atoms with Gasteiger partial charge in [0.1, 0.15) is 0 Å². The van der Waals surface area contributed by atoms with Crippen LogP contribution in [0.25, 0.3) is 0 Å². The van der Waals surface area contributed by atoms with Gasteiger partial charge in [0.2, 0.25) is 5.91 Å². The van der Waals surface area contributed by atoms with E-state index in [-0.39, 0.29) is 5.91 Å². The summed E-state index contributed by atoms with van der Waals surface area (Å²) in [5.74, 6) is -0.205. The van der Waals surface area contributed by atoms with Gasteiger partial charge < -0.3 is 0 Å². The van der Waals surface area contributed by atoms with Gasteiger partial charge >= 0.3 is 0 Å². The molecule has 0 saturated heterocycles. The van der Waals surface area contributed by atoms with Gasteiger partial charge in [0.25, 0.3) is 0 Å². The zero-order valence-electron chi connectivity index (χ0n) is 7.12. The molecular weight excluding hydrogens is 188 g/mol. The summed E-state index contributed by atoms with van der Waals surface area (Å²) in [7, 11) is 0. The highest BCUT2D eigenvalue weighted by Crippen LogP contribution is 2.11. The number of amides is 1. The third-order valence-corrected chi connectivity index (χ3v) is 1.68. The van der Waals surface area contributed by atoms with Gasteiger partial charge in [0.05, 0.1) is 6.21 Å². The van der Waals surface area contributed by atoms with Crippen LogP contribution in [0.5, 0.6) is 0 Å². The van der Waals surface area contributed by atoms with E-state index < -0.39 is 0 Å². The predicted molar refractivity (Wildman–Crippen MR) is 52.9 cm³/mol. The fourth-order valence-corrected chi connectivity index (χ4v) is 0.957. The van der Waals surface area contributed by atoms with Crippen LogP contribution >= 0.6 is 11.6 Å². The molecule has 0 spiro atoms. The van der Waals surface area contributed by atoms with Crippen LogP contribution in [0, 0.1) is 0 Å². The molecule has 68 valence electrons. The first-order chi connectivity index (χ1) is 6.20. The second-order valence-corrected chi connectivity index (χ2v) is 2.85. The van der Waals surface area contributed by atoms with E-state index in [1.807, 2.05) is 18.2 Å². The number of halogens is 1. The molecule has 4 heteroatoms. The smallest absolute Gasteiger partial charge is 0.236 e. The molecule has 1 amide bonds. The van der Waals surface area contributed by atoms with Crippen LogP contribution in [0.2, 0.25) is 5.02 Å². The van der Waals surface area contributed by atoms with E-state index in [4.69, 9.17) is 11.6 Å². The lowest BCUT2D eigenvalue weighted by atomic mass is 10.2. The highest BCUT2D eigenvalue weighted by molar-refractivity contribution is 6.33. The van der Waals surface area contributed by atoms with E-state index in [1.165, 1.54) is 13.1 Å². The van der Waals surface area contributed by atoms with Gasteiger partial charge in [-0.3, -0.25) is 4.79 Å². The summed E-state index contributed by atoms with van der Waals surface area (Å²) in [5.41, 5.74) is 3.07. The summed E-state index contributed by atoms with van der Waals surface area (Å²) in [4.78, 5) is 10.5. The average Bonchev–Trinajstić information content (AvgIpc) is 2.08. The topological polar surface area (TPSA) is 41.5 Å². The quantitative estimate of drug-likeness (QED) is 0.569. The molecule has 0 aromatic heterocycles. The van der Waals surface area contributed by atoms with Crippen molar-refractivity contribution < 1.29 is 4.79 Å². The van der Waals surface area contributed by atoms with Crippen molar-refractivity contribution in [2.24, 2.45) is 5.10 Å². The number of benzene rings is 1. The largest absolute Gasteiger partial charge is 0.274 e. The molecule has 1 aromatic rings. The molecule has 1 aromatic carbocycles. The lowest BCUT2D eigenvalue weighted by Crippen LogP contribution is -2.12. The highest BCUT2D eigenvalue weighted by Gasteiger charge is 1.93. The Balaban J connectivity index is 2.68. The van der Waals surface area contributed by atoms with E-state index in [0.717, 1.165) is 5.56 Å². The van der Waals surface area contributed by atoms with Crippen LogP contribution in [0.1, 0.15) is 12.5 Å². The summed E-state index contributed by atoms with van der Waals surface area (Å²) >= 11 is 5.84. The molecule has 1 rings (SSSR count). The Bertz CT molecular complexity index is 336. The summed E-state index contributed by atoms with van der Waals surface area (Å²) in [5, 5.41) is 4.30. The molecule has 13 heavy (non-hydrogen) atoms. The van der Waals surface area contributed by atoms with Crippen molar-refractivity contribution in [2.45, 2.75) is 6.92 Å². The van der Waals surface area contributed by atoms with E-state index in [0.29, 0.717) is 5.02 Å². The van der Waals surface area contributed by atoms with Crippen molar-refractivity contribution in [3.8, 4) is 0 Å². The Morgan fingerprint density at radius 2 is 2.23 bits per heavy atom. The van der Waals surface area contributed by atoms with Gasteiger partial charge in [-0.25, -0.2) is 5.43 Å². The van der Waals surface area contributed by atoms with E-state index in [1.54, 1.807) is 6.07 Å². The molecule has 0 aliphatic carbocycles. The van der Waals surface area contributed by atoms with Gasteiger partial charge in [-0.2, -0.15) is 5.10 Å². The Morgan fingerprint density at radius 1 is 1.54 bits per heavy atom. The molecular formula is C9H9ClN2O. The number of hydrogen-bond donors (Lipinski definition) is 1. The minimum absolute atomic E-state index is 0.205. The zero-order chi connectivity index (χ0) is 9.68. The summed E-state index contributed by atoms with van der Waals surface area (Å²) in [6.45, 7) is 1.39. The molecule has 1 N–H and O–H groups in total. The third-order valence-electron chi connectivity index (χ3n) is 1.33. The summed E-state index contributed by atoms with van der Waals surface area (Å²) in [6, 6.07) is 7.25. The van der Waals surface area contributed by atoms with E-state index in [9.17, 15) is 4.79 Å². The Hall–Kier alpha value is -1.35. The predicted octanol–water partition coefficient (Wildman–Crippen LogP) is 1.81. The molecule has 0 heterocycles. The second-order valence-electron chi connectivity index (χ2n) is 2.45. The maximum atomic E-state index is 10.5. The SMILES string of the molecule is CC(=O)N/N=C\c1ccccc1Cl. The fourth-order valence-electron chi connectivity index (χ4n) is 0.773. The Kier molecular flexibility index (Phi) is 3.46. The van der Waals surface area contributed by atoms with Crippen LogP contribution < -0.4 is 5.43 Å². The van der Waals surface area contributed by atoms with Crippen LogP contribution in [0.15, 0.2) is 29.4 Å². The number of rotatable bonds is 2. The number of nitrogens with one attached hydrogen (secondary N) is 1. The van der Waals surface area contributed by atoms with Crippen molar-refractivity contribution in [1.82, 2.24) is 5.43 Å². The molecule has 0 aliphatic rings. The van der Waals surface area contributed by atoms with Crippen LogP contribution in [-0.2, 0) is 4.79 Å². The highest BCUT2D eigenvalue weighted by atomic mass is 35.5. The maximum Gasteiger partial charge on any atom is 0.236 e. The van der Waals surface area contributed by atoms with Crippen LogP contribution in [0.4, 0.5) is 0 Å². The van der Waals surface area contributed by atoms with E-state index in [2.05, 4.69) is 10.5 Å². The summed E-state index contributed by atoms with van der Waals surface area (Å²) in [6.07, 6.45) is 1.50. The molecule has 0 radical (unpaired) electrons. The van der Waals surface area contributed by atoms with Crippen LogP contribution in [-0.4, -0.2) is 12.1 Å².